The predicted molar refractivity (Wildman–Crippen MR) is 116 cm³/mol. The third-order valence-electron chi connectivity index (χ3n) is 2.81. The van der Waals surface area contributed by atoms with E-state index >= 15 is 0 Å². The van der Waals surface area contributed by atoms with Crippen LogP contribution in [-0.4, -0.2) is 62.6 Å². The van der Waals surface area contributed by atoms with Crippen LogP contribution in [0.5, 0.6) is 0 Å². The molecule has 0 spiro atoms. The number of hydrogen-bond donors (Lipinski definition) is 0. The Kier molecular flexibility index (Phi) is 50.9. The second kappa shape index (κ2) is 28.3. The molecular weight excluding hydrogens is 984 g/mol. The van der Waals surface area contributed by atoms with Gasteiger partial charge in [-0.25, -0.2) is 0 Å². The van der Waals surface area contributed by atoms with Gasteiger partial charge < -0.3 is 11.0 Å². The van der Waals surface area contributed by atoms with Crippen LogP contribution in [0.15, 0.2) is 0 Å². The molecule has 1 aliphatic rings. The van der Waals surface area contributed by atoms with Crippen molar-refractivity contribution >= 4 is 123 Å². The largest absolute Gasteiger partial charge is 0 e. The van der Waals surface area contributed by atoms with Gasteiger partial charge in [-0.15, -0.1) is 0 Å². The summed E-state index contributed by atoms with van der Waals surface area (Å²) in [6, 6.07) is 0. The van der Waals surface area contributed by atoms with Crippen molar-refractivity contribution in [2.45, 2.75) is 34.6 Å². The molecule has 0 aromatic heterocycles. The summed E-state index contributed by atoms with van der Waals surface area (Å²) < 4.78 is 0. The van der Waals surface area contributed by atoms with Crippen LogP contribution in [0.25, 0.3) is 0 Å². The van der Waals surface area contributed by atoms with Gasteiger partial charge in [0, 0.05) is 20.1 Å². The molecule has 2 nitrogen and oxygen atoms in total. The van der Waals surface area contributed by atoms with E-state index in [9.17, 15) is 0 Å². The van der Waals surface area contributed by atoms with Gasteiger partial charge >= 0.3 is 123 Å². The van der Waals surface area contributed by atoms with E-state index in [1.165, 1.54) is 29.6 Å². The Morgan fingerprint density at radius 2 is 0.583 bits per heavy atom. The van der Waals surface area contributed by atoms with Crippen molar-refractivity contribution < 1.29 is 31.1 Å². The molecule has 0 saturated heterocycles. The molecule has 0 unspecified atom stereocenters. The minimum atomic E-state index is -2.13. The molecule has 24 heavy (non-hydrogen) atoms. The molecule has 10 radical (unpaired) electrons. The zero-order chi connectivity index (χ0) is 17.7. The van der Waals surface area contributed by atoms with E-state index in [1.54, 1.807) is 0 Å². The zero-order valence-corrected chi connectivity index (χ0v) is 30.4. The summed E-state index contributed by atoms with van der Waals surface area (Å²) in [6.07, 6.45) is 0. The molecule has 1 rings (SSSR count). The van der Waals surface area contributed by atoms with Gasteiger partial charge in [-0.05, 0) is 29.6 Å². The molecule has 0 bridgehead atoms. The number of halogens is 8. The summed E-state index contributed by atoms with van der Waals surface area (Å²) in [7, 11) is 39.9. The summed E-state index contributed by atoms with van der Waals surface area (Å²) in [5, 5.41) is 0. The molecule has 0 amide bonds. The fourth-order valence-corrected chi connectivity index (χ4v) is 1.41. The van der Waals surface area contributed by atoms with Crippen LogP contribution >= 0.6 is 71.4 Å². The molecule has 0 atom stereocenters. The SMILES string of the molecule is C[C]1[C](C)[C](C)[C](C)[C]1C.O.O.[Cl][Sn]([Cl])[Cl].[Cl][Sn]([Cl])[Cl].[Cl][Sn][Cl].[Ir]. The zero-order valence-electron chi connectivity index (χ0n) is 13.4. The normalized spacial score (nSPS) is 15.6. The molecular formula is C10H19Cl8IrO2Sn3. The molecule has 0 heterocycles. The van der Waals surface area contributed by atoms with Crippen LogP contribution in [0.4, 0.5) is 0 Å². The Labute approximate surface area is 214 Å². The van der Waals surface area contributed by atoms with Gasteiger partial charge in [0.15, 0.2) is 0 Å². The van der Waals surface area contributed by atoms with Gasteiger partial charge in [0.1, 0.15) is 0 Å². The van der Waals surface area contributed by atoms with Crippen molar-refractivity contribution in [1.29, 1.82) is 0 Å². The van der Waals surface area contributed by atoms with Crippen LogP contribution in [0, 0.1) is 29.6 Å². The standard InChI is InChI=1S/C10H15.8ClH.Ir.2H2O.3Sn/c1-6-7(2)9(4)10(5)8(6)3;;;;;;;;;;;;;;/h1-5H3;8*1H;;2*1H2;;;/q;;;;;;;;;;;;+2;2*+3/p-8. The summed E-state index contributed by atoms with van der Waals surface area (Å²) in [4.78, 5) is 0. The molecule has 0 aromatic carbocycles. The summed E-state index contributed by atoms with van der Waals surface area (Å²) >= 11 is -5.08. The van der Waals surface area contributed by atoms with Crippen LogP contribution < -0.4 is 0 Å². The van der Waals surface area contributed by atoms with E-state index in [2.05, 4.69) is 34.6 Å². The molecule has 1 saturated carbocycles. The van der Waals surface area contributed by atoms with Crippen LogP contribution in [0.3, 0.4) is 0 Å². The molecule has 1 aliphatic carbocycles. The molecule has 1 fully saturated rings. The monoisotopic (exact) mass is 1000 g/mol. The molecule has 0 aromatic rings. The van der Waals surface area contributed by atoms with E-state index in [0.717, 1.165) is 0 Å². The minimum Gasteiger partial charge on any atom is 0 e. The first kappa shape index (κ1) is 43.2. The van der Waals surface area contributed by atoms with Gasteiger partial charge in [-0.1, -0.05) is 34.6 Å². The van der Waals surface area contributed by atoms with E-state index in [4.69, 9.17) is 71.4 Å². The van der Waals surface area contributed by atoms with Crippen molar-refractivity contribution in [3.63, 3.8) is 0 Å². The molecule has 0 aliphatic heterocycles. The van der Waals surface area contributed by atoms with Gasteiger partial charge in [0.2, 0.25) is 0 Å². The number of rotatable bonds is 0. The quantitative estimate of drug-likeness (QED) is 0.281. The minimum absolute atomic E-state index is 0. The van der Waals surface area contributed by atoms with Crippen molar-refractivity contribution in [2.75, 3.05) is 0 Å². The van der Waals surface area contributed by atoms with Crippen molar-refractivity contribution in [1.82, 2.24) is 0 Å². The average Bonchev–Trinajstić information content (AvgIpc) is 2.47. The fraction of sp³-hybridized carbons (Fsp3) is 0.500. The van der Waals surface area contributed by atoms with Crippen LogP contribution in [0.1, 0.15) is 34.6 Å². The van der Waals surface area contributed by atoms with Gasteiger partial charge in [-0.2, -0.15) is 0 Å². The Balaban J connectivity index is -0.0000000499. The second-order valence-electron chi connectivity index (χ2n) is 3.63. The van der Waals surface area contributed by atoms with Crippen molar-refractivity contribution in [3.8, 4) is 0 Å². The topological polar surface area (TPSA) is 63.0 Å². The molecule has 4 N–H and O–H groups in total. The van der Waals surface area contributed by atoms with E-state index in [-0.39, 0.29) is 31.1 Å². The predicted octanol–water partition coefficient (Wildman–Crippen LogP) is 5.69. The smallest absolute Gasteiger partial charge is 0 e. The number of hydrogen-bond acceptors (Lipinski definition) is 0. The van der Waals surface area contributed by atoms with Gasteiger partial charge in [-0.3, -0.25) is 0 Å². The molecule has 148 valence electrons. The maximum absolute atomic E-state index is 5.00. The Morgan fingerprint density at radius 1 is 0.542 bits per heavy atom. The summed E-state index contributed by atoms with van der Waals surface area (Å²) in [6.45, 7) is 11.0. The summed E-state index contributed by atoms with van der Waals surface area (Å²) in [5.41, 5.74) is 0. The van der Waals surface area contributed by atoms with Crippen molar-refractivity contribution in [2.24, 2.45) is 0 Å². The van der Waals surface area contributed by atoms with Gasteiger partial charge in [0.25, 0.3) is 0 Å². The second-order valence-corrected chi connectivity index (χ2v) is 33.3. The van der Waals surface area contributed by atoms with E-state index in [0.29, 0.717) is 0 Å². The van der Waals surface area contributed by atoms with E-state index < -0.39 is 51.6 Å². The molecule has 14 heteroatoms. The third kappa shape index (κ3) is 29.5. The Morgan fingerprint density at radius 3 is 0.625 bits per heavy atom. The fourth-order valence-electron chi connectivity index (χ4n) is 1.41. The maximum Gasteiger partial charge on any atom is 0 e. The maximum atomic E-state index is 5.00. The Hall–Kier alpha value is 5.29. The first-order valence-corrected chi connectivity index (χ1v) is 34.2. The third-order valence-corrected chi connectivity index (χ3v) is 2.81. The van der Waals surface area contributed by atoms with Crippen LogP contribution in [0.2, 0.25) is 0 Å². The van der Waals surface area contributed by atoms with Gasteiger partial charge in [0.05, 0.1) is 0 Å². The first-order chi connectivity index (χ1) is 9.43. The van der Waals surface area contributed by atoms with Crippen molar-refractivity contribution in [3.05, 3.63) is 29.6 Å². The first-order valence-electron chi connectivity index (χ1n) is 5.26. The Bertz CT molecular complexity index is 182. The van der Waals surface area contributed by atoms with E-state index in [1.807, 2.05) is 0 Å². The average molecular weight is 1000 g/mol. The van der Waals surface area contributed by atoms with Crippen LogP contribution in [-0.2, 0) is 20.1 Å². The summed E-state index contributed by atoms with van der Waals surface area (Å²) in [5.74, 6) is 7.34.